The minimum absolute atomic E-state index is 0.107. The van der Waals surface area contributed by atoms with E-state index >= 15 is 0 Å². The lowest BCUT2D eigenvalue weighted by molar-refractivity contribution is 0.181. The number of hydrogen-bond acceptors (Lipinski definition) is 4. The van der Waals surface area contributed by atoms with E-state index in [1.54, 1.807) is 18.9 Å². The molecule has 1 rings (SSSR count). The highest BCUT2D eigenvalue weighted by atomic mass is 32.2. The second kappa shape index (κ2) is 6.63. The van der Waals surface area contributed by atoms with Gasteiger partial charge in [-0.15, -0.1) is 0 Å². The van der Waals surface area contributed by atoms with Gasteiger partial charge in [-0.2, -0.15) is 11.8 Å². The summed E-state index contributed by atoms with van der Waals surface area (Å²) in [7, 11) is 1.59. The van der Waals surface area contributed by atoms with Gasteiger partial charge in [-0.1, -0.05) is 6.92 Å². The molecular formula is C10H16N2O2S. The molecule has 0 aromatic carbocycles. The fraction of sp³-hybridized carbons (Fsp3) is 0.600. The molecule has 0 radical (unpaired) electrons. The maximum absolute atomic E-state index is 11.3. The highest BCUT2D eigenvalue weighted by Gasteiger charge is 2.01. The fourth-order valence-electron chi connectivity index (χ4n) is 1.17. The quantitative estimate of drug-likeness (QED) is 0.751. The van der Waals surface area contributed by atoms with Gasteiger partial charge in [0.05, 0.1) is 18.1 Å². The molecule has 0 aliphatic carbocycles. The van der Waals surface area contributed by atoms with Crippen LogP contribution in [0.25, 0.3) is 0 Å². The van der Waals surface area contributed by atoms with E-state index < -0.39 is 0 Å². The van der Waals surface area contributed by atoms with Crippen LogP contribution in [0.3, 0.4) is 0 Å². The molecule has 0 atom stereocenters. The zero-order valence-electron chi connectivity index (χ0n) is 9.08. The summed E-state index contributed by atoms with van der Waals surface area (Å²) in [6.07, 6.45) is 1.13. The fourth-order valence-corrected chi connectivity index (χ4v) is 1.93. The molecule has 0 aliphatic rings. The van der Waals surface area contributed by atoms with E-state index in [-0.39, 0.29) is 5.56 Å². The van der Waals surface area contributed by atoms with Crippen LogP contribution in [0, 0.1) is 0 Å². The van der Waals surface area contributed by atoms with Gasteiger partial charge < -0.3 is 9.72 Å². The number of rotatable bonds is 6. The average molecular weight is 228 g/mol. The highest BCUT2D eigenvalue weighted by Crippen LogP contribution is 2.08. The Kier molecular flexibility index (Phi) is 5.42. The molecule has 4 nitrogen and oxygen atoms in total. The lowest BCUT2D eigenvalue weighted by atomic mass is 10.4. The lowest BCUT2D eigenvalue weighted by Crippen LogP contribution is -2.12. The molecule has 0 fully saturated rings. The summed E-state index contributed by atoms with van der Waals surface area (Å²) in [5, 5.41) is 0. The number of ether oxygens (including phenoxy) is 1. The molecule has 0 saturated heterocycles. The predicted molar refractivity (Wildman–Crippen MR) is 62.0 cm³/mol. The first-order valence-corrected chi connectivity index (χ1v) is 6.07. The first-order valence-electron chi connectivity index (χ1n) is 4.92. The molecule has 1 aromatic rings. The van der Waals surface area contributed by atoms with E-state index in [1.165, 1.54) is 6.07 Å². The third-order valence-corrected chi connectivity index (χ3v) is 2.90. The summed E-state index contributed by atoms with van der Waals surface area (Å²) in [6, 6.07) is 1.47. The summed E-state index contributed by atoms with van der Waals surface area (Å²) < 4.78 is 4.94. The summed E-state index contributed by atoms with van der Waals surface area (Å²) in [6.45, 7) is 2.51. The smallest absolute Gasteiger partial charge is 0.251 e. The summed E-state index contributed by atoms with van der Waals surface area (Å²) >= 11 is 1.77. The largest absolute Gasteiger partial charge is 0.378 e. The second-order valence-electron chi connectivity index (χ2n) is 3.17. The van der Waals surface area contributed by atoms with Gasteiger partial charge in [-0.25, -0.2) is 4.98 Å². The van der Waals surface area contributed by atoms with Gasteiger partial charge in [-0.3, -0.25) is 4.79 Å². The molecule has 5 heteroatoms. The molecule has 0 amide bonds. The van der Waals surface area contributed by atoms with Gasteiger partial charge >= 0.3 is 0 Å². The van der Waals surface area contributed by atoms with Crippen LogP contribution in [0.5, 0.6) is 0 Å². The molecule has 1 aromatic heterocycles. The van der Waals surface area contributed by atoms with Crippen LogP contribution in [-0.4, -0.2) is 22.8 Å². The molecule has 0 bridgehead atoms. The third kappa shape index (κ3) is 4.48. The SMILES string of the molecule is CCCSCc1nc(COC)cc(=O)[nH]1. The molecule has 15 heavy (non-hydrogen) atoms. The zero-order valence-corrected chi connectivity index (χ0v) is 9.89. The number of nitrogens with one attached hydrogen (secondary N) is 1. The maximum atomic E-state index is 11.3. The van der Waals surface area contributed by atoms with Crippen LogP contribution in [0.15, 0.2) is 10.9 Å². The van der Waals surface area contributed by atoms with Crippen LogP contribution < -0.4 is 5.56 Å². The normalized spacial score (nSPS) is 10.5. The van der Waals surface area contributed by atoms with E-state index in [9.17, 15) is 4.79 Å². The van der Waals surface area contributed by atoms with Crippen molar-refractivity contribution in [3.8, 4) is 0 Å². The molecule has 1 N–H and O–H groups in total. The van der Waals surface area contributed by atoms with Crippen molar-refractivity contribution in [1.82, 2.24) is 9.97 Å². The van der Waals surface area contributed by atoms with Crippen molar-refractivity contribution in [1.29, 1.82) is 0 Å². The van der Waals surface area contributed by atoms with Crippen molar-refractivity contribution in [2.24, 2.45) is 0 Å². The summed E-state index contributed by atoms with van der Waals surface area (Å²) in [5.74, 6) is 2.56. The Bertz CT molecular complexity index is 352. The van der Waals surface area contributed by atoms with Crippen LogP contribution in [0.1, 0.15) is 24.9 Å². The van der Waals surface area contributed by atoms with Crippen molar-refractivity contribution in [2.45, 2.75) is 25.7 Å². The third-order valence-electron chi connectivity index (χ3n) is 1.72. The molecule has 0 spiro atoms. The van der Waals surface area contributed by atoms with Crippen molar-refractivity contribution in [2.75, 3.05) is 12.9 Å². The van der Waals surface area contributed by atoms with Crippen molar-refractivity contribution >= 4 is 11.8 Å². The van der Waals surface area contributed by atoms with E-state index in [0.29, 0.717) is 12.3 Å². The standard InChI is InChI=1S/C10H16N2O2S/c1-3-4-15-7-9-11-8(6-14-2)5-10(13)12-9/h5H,3-4,6-7H2,1-2H3,(H,11,12,13). The van der Waals surface area contributed by atoms with Crippen molar-refractivity contribution in [3.05, 3.63) is 27.9 Å². The van der Waals surface area contributed by atoms with Gasteiger partial charge in [0.25, 0.3) is 5.56 Å². The Morgan fingerprint density at radius 2 is 2.40 bits per heavy atom. The molecule has 0 unspecified atom stereocenters. The Morgan fingerprint density at radius 3 is 3.07 bits per heavy atom. The van der Waals surface area contributed by atoms with Crippen LogP contribution >= 0.6 is 11.8 Å². The van der Waals surface area contributed by atoms with Crippen molar-refractivity contribution < 1.29 is 4.74 Å². The number of H-pyrrole nitrogens is 1. The number of methoxy groups -OCH3 is 1. The minimum atomic E-state index is -0.107. The van der Waals surface area contributed by atoms with E-state index in [4.69, 9.17) is 4.74 Å². The number of aromatic amines is 1. The monoisotopic (exact) mass is 228 g/mol. The number of nitrogens with zero attached hydrogens (tertiary/aromatic N) is 1. The topological polar surface area (TPSA) is 55.0 Å². The Labute approximate surface area is 93.5 Å². The molecular weight excluding hydrogens is 212 g/mol. The molecule has 0 saturated carbocycles. The Morgan fingerprint density at radius 1 is 1.60 bits per heavy atom. The molecule has 0 aliphatic heterocycles. The highest BCUT2D eigenvalue weighted by molar-refractivity contribution is 7.98. The van der Waals surface area contributed by atoms with Crippen LogP contribution in [0.4, 0.5) is 0 Å². The Balaban J connectivity index is 2.66. The predicted octanol–water partition coefficient (Wildman–Crippen LogP) is 1.56. The van der Waals surface area contributed by atoms with Crippen LogP contribution in [-0.2, 0) is 17.1 Å². The van der Waals surface area contributed by atoms with E-state index in [2.05, 4.69) is 16.9 Å². The zero-order chi connectivity index (χ0) is 11.1. The van der Waals surface area contributed by atoms with Crippen molar-refractivity contribution in [3.63, 3.8) is 0 Å². The number of aromatic nitrogens is 2. The van der Waals surface area contributed by atoms with E-state index in [1.807, 2.05) is 0 Å². The summed E-state index contributed by atoms with van der Waals surface area (Å²) in [4.78, 5) is 18.3. The number of thioether (sulfide) groups is 1. The maximum Gasteiger partial charge on any atom is 0.251 e. The second-order valence-corrected chi connectivity index (χ2v) is 4.27. The minimum Gasteiger partial charge on any atom is -0.378 e. The summed E-state index contributed by atoms with van der Waals surface area (Å²) in [5.41, 5.74) is 0.581. The Hall–Kier alpha value is -0.810. The first-order chi connectivity index (χ1) is 7.26. The molecule has 1 heterocycles. The number of hydrogen-bond donors (Lipinski definition) is 1. The molecule has 84 valence electrons. The van der Waals surface area contributed by atoms with Gasteiger partial charge in [-0.05, 0) is 12.2 Å². The van der Waals surface area contributed by atoms with Gasteiger partial charge in [0, 0.05) is 13.2 Å². The lowest BCUT2D eigenvalue weighted by Gasteiger charge is -2.02. The van der Waals surface area contributed by atoms with Crippen LogP contribution in [0.2, 0.25) is 0 Å². The first kappa shape index (κ1) is 12.3. The van der Waals surface area contributed by atoms with Gasteiger partial charge in [0.1, 0.15) is 5.82 Å². The van der Waals surface area contributed by atoms with Gasteiger partial charge in [0.2, 0.25) is 0 Å². The average Bonchev–Trinajstić information content (AvgIpc) is 2.18. The van der Waals surface area contributed by atoms with Gasteiger partial charge in [0.15, 0.2) is 0 Å². The van der Waals surface area contributed by atoms with E-state index in [0.717, 1.165) is 23.8 Å².